The minimum atomic E-state index is -3.76. The van der Waals surface area contributed by atoms with Crippen LogP contribution in [0.3, 0.4) is 0 Å². The van der Waals surface area contributed by atoms with Crippen molar-refractivity contribution < 1.29 is 65.9 Å². The Balaban J connectivity index is 2.22. The molecule has 0 bridgehead atoms. The highest BCUT2D eigenvalue weighted by atomic mass is 35.5. The first-order valence-electron chi connectivity index (χ1n) is 13.1. The van der Waals surface area contributed by atoms with Gasteiger partial charge in [0.15, 0.2) is 81.4 Å². The quantitative estimate of drug-likeness (QED) is 0.0539. The maximum absolute atomic E-state index is 15.8. The lowest BCUT2D eigenvalue weighted by Crippen LogP contribution is -2.52. The summed E-state index contributed by atoms with van der Waals surface area (Å²) in [6.07, 6.45) is 0. The average Bonchev–Trinajstić information content (AvgIpc) is 3.10. The number of hydrogen-bond acceptors (Lipinski definition) is 0. The van der Waals surface area contributed by atoms with Gasteiger partial charge in [0.2, 0.25) is 5.82 Å². The van der Waals surface area contributed by atoms with E-state index in [1.165, 1.54) is 6.07 Å². The normalized spacial score (nSPS) is 12.0. The van der Waals surface area contributed by atoms with Crippen LogP contribution in [0.25, 0.3) is 11.0 Å². The summed E-state index contributed by atoms with van der Waals surface area (Å²) in [5.41, 5.74) is -11.2. The number of rotatable bonds is 6. The van der Waals surface area contributed by atoms with E-state index in [0.717, 1.165) is 48.5 Å². The lowest BCUT2D eigenvalue weighted by molar-refractivity contribution is 0.376. The molecule has 0 saturated carbocycles. The molecule has 17 heteroatoms. The van der Waals surface area contributed by atoms with E-state index in [1.54, 1.807) is 0 Å². The molecule has 0 aliphatic carbocycles. The highest BCUT2D eigenvalue weighted by Gasteiger charge is 2.45. The summed E-state index contributed by atoms with van der Waals surface area (Å²) >= 11 is 5.89. The third-order valence-electron chi connectivity index (χ3n) is 7.30. The largest absolute Gasteiger partial charge is 0.259 e. The molecule has 5 aromatic rings. The second-order valence-electron chi connectivity index (χ2n) is 10.0. The molecule has 0 aromatic heterocycles. The number of hydrogen-bond donors (Lipinski definition) is 0. The van der Waals surface area contributed by atoms with E-state index < -0.39 is 133 Å². The van der Waals surface area contributed by atoms with Crippen molar-refractivity contribution in [1.82, 2.24) is 0 Å². The molecule has 0 atom stereocenters. The third kappa shape index (κ3) is 5.71. The van der Waals surface area contributed by atoms with E-state index >= 15 is 26.3 Å². The minimum absolute atomic E-state index is 0.0926. The Labute approximate surface area is 269 Å². The van der Waals surface area contributed by atoms with Crippen LogP contribution in [0.4, 0.5) is 65.9 Å². The molecule has 0 spiro atoms. The van der Waals surface area contributed by atoms with Gasteiger partial charge < -0.3 is 0 Å². The maximum Gasteiger partial charge on any atom is 0.259 e. The maximum atomic E-state index is 15.8. The molecule has 0 radical (unpaired) electrons. The van der Waals surface area contributed by atoms with E-state index in [9.17, 15) is 39.5 Å². The molecule has 0 amide bonds. The third-order valence-corrected chi connectivity index (χ3v) is 7.55. The molecule has 0 heterocycles. The molecule has 0 unspecified atom stereocenters. The molecule has 0 saturated heterocycles. The number of halogens is 16. The summed E-state index contributed by atoms with van der Waals surface area (Å²) in [7, 11) is 0. The molecule has 0 fully saturated rings. The molecular weight excluding hydrogens is 716 g/mol. The molecule has 0 N–H and O–H groups in total. The van der Waals surface area contributed by atoms with Gasteiger partial charge in [-0.1, -0.05) is 54.1 Å². The monoisotopic (exact) mass is 724 g/mol. The summed E-state index contributed by atoms with van der Waals surface area (Å²) in [5, 5.41) is -0.0926. The summed E-state index contributed by atoms with van der Waals surface area (Å²) in [6.45, 7) is -3.76. The standard InChI is InChI=1S/C32H9BClF15/c34-12-8-6-11(7-9-12)13(10-4-2-1-3-5-10)15(14-18(35)24(41)30(47)25(42)19(14)36)33(16-20(37)26(43)31(48)27(44)21(16)38)17-22(39)28(45)32(49)29(46)23(17)40/h1-9H/b15-13-. The van der Waals surface area contributed by atoms with Gasteiger partial charge in [-0.15, -0.1) is 0 Å². The van der Waals surface area contributed by atoms with E-state index in [-0.39, 0.29) is 5.02 Å². The molecule has 0 aliphatic rings. The fourth-order valence-electron chi connectivity index (χ4n) is 5.14. The predicted molar refractivity (Wildman–Crippen MR) is 148 cm³/mol. The van der Waals surface area contributed by atoms with Gasteiger partial charge in [-0.3, -0.25) is 0 Å². The van der Waals surface area contributed by atoms with E-state index in [4.69, 9.17) is 11.6 Å². The van der Waals surface area contributed by atoms with Crippen LogP contribution in [0.5, 0.6) is 0 Å². The van der Waals surface area contributed by atoms with Gasteiger partial charge in [-0.2, -0.15) is 0 Å². The predicted octanol–water partition coefficient (Wildman–Crippen LogP) is 9.23. The van der Waals surface area contributed by atoms with Crippen LogP contribution >= 0.6 is 11.6 Å². The summed E-state index contributed by atoms with van der Waals surface area (Å²) in [6, 6.07) is 9.43. The fourth-order valence-corrected chi connectivity index (χ4v) is 5.26. The van der Waals surface area contributed by atoms with Crippen LogP contribution in [-0.2, 0) is 0 Å². The van der Waals surface area contributed by atoms with Crippen molar-refractivity contribution in [2.75, 3.05) is 0 Å². The van der Waals surface area contributed by atoms with Gasteiger partial charge in [-0.25, -0.2) is 65.9 Å². The Morgan fingerprint density at radius 2 is 0.673 bits per heavy atom. The van der Waals surface area contributed by atoms with Crippen molar-refractivity contribution >= 4 is 40.3 Å². The van der Waals surface area contributed by atoms with Crippen molar-refractivity contribution in [1.29, 1.82) is 0 Å². The zero-order valence-corrected chi connectivity index (χ0v) is 24.1. The molecule has 252 valence electrons. The Morgan fingerprint density at radius 1 is 0.367 bits per heavy atom. The van der Waals surface area contributed by atoms with Crippen LogP contribution in [0.15, 0.2) is 54.6 Å². The summed E-state index contributed by atoms with van der Waals surface area (Å²) in [5.74, 6) is -43.7. The van der Waals surface area contributed by atoms with Crippen LogP contribution in [0.2, 0.25) is 5.02 Å². The van der Waals surface area contributed by atoms with Crippen molar-refractivity contribution in [2.45, 2.75) is 0 Å². The zero-order valence-electron chi connectivity index (χ0n) is 23.3. The second kappa shape index (κ2) is 13.2. The smallest absolute Gasteiger partial charge is 0.204 e. The molecular formula is C32H9BClF15. The highest BCUT2D eigenvalue weighted by Crippen LogP contribution is 2.40. The Bertz CT molecular complexity index is 2030. The van der Waals surface area contributed by atoms with Gasteiger partial charge in [0.1, 0.15) is 0 Å². The molecule has 5 aromatic carbocycles. The molecule has 0 aliphatic heterocycles. The van der Waals surface area contributed by atoms with Gasteiger partial charge in [0, 0.05) is 21.5 Å². The first-order chi connectivity index (χ1) is 23.0. The van der Waals surface area contributed by atoms with Gasteiger partial charge in [0.25, 0.3) is 6.71 Å². The van der Waals surface area contributed by atoms with E-state index in [0.29, 0.717) is 0 Å². The Hall–Kier alpha value is -4.86. The SMILES string of the molecule is Fc1c(F)c(F)c(B(/C(=C(/c2ccccc2)c2ccc(Cl)cc2)c2c(F)c(F)c(F)c(F)c2F)c2c(F)c(F)c(F)c(F)c2F)c(F)c1F. The van der Waals surface area contributed by atoms with Crippen LogP contribution in [0.1, 0.15) is 16.7 Å². The first kappa shape index (κ1) is 35.5. The highest BCUT2D eigenvalue weighted by molar-refractivity contribution is 7.01. The summed E-state index contributed by atoms with van der Waals surface area (Å²) in [4.78, 5) is 0. The number of benzene rings is 5. The molecule has 49 heavy (non-hydrogen) atoms. The van der Waals surface area contributed by atoms with Crippen molar-refractivity contribution in [2.24, 2.45) is 0 Å². The van der Waals surface area contributed by atoms with Gasteiger partial charge >= 0.3 is 0 Å². The minimum Gasteiger partial charge on any atom is -0.204 e. The zero-order chi connectivity index (χ0) is 36.2. The lowest BCUT2D eigenvalue weighted by Gasteiger charge is -2.27. The van der Waals surface area contributed by atoms with Crippen molar-refractivity contribution in [3.05, 3.63) is 164 Å². The van der Waals surface area contributed by atoms with E-state index in [2.05, 4.69) is 0 Å². The summed E-state index contributed by atoms with van der Waals surface area (Å²) < 4.78 is 225. The van der Waals surface area contributed by atoms with Crippen molar-refractivity contribution in [3.8, 4) is 0 Å². The van der Waals surface area contributed by atoms with Gasteiger partial charge in [0.05, 0.1) is 0 Å². The van der Waals surface area contributed by atoms with Crippen molar-refractivity contribution in [3.63, 3.8) is 0 Å². The van der Waals surface area contributed by atoms with Gasteiger partial charge in [-0.05, 0) is 34.3 Å². The second-order valence-corrected chi connectivity index (χ2v) is 10.4. The van der Waals surface area contributed by atoms with Crippen LogP contribution in [0, 0.1) is 87.3 Å². The first-order valence-corrected chi connectivity index (χ1v) is 13.5. The van der Waals surface area contributed by atoms with Crippen LogP contribution in [-0.4, -0.2) is 6.71 Å². The fraction of sp³-hybridized carbons (Fsp3) is 0. The van der Waals surface area contributed by atoms with E-state index in [1.807, 2.05) is 0 Å². The average molecular weight is 725 g/mol. The lowest BCUT2D eigenvalue weighted by atomic mass is 9.33. The molecule has 5 rings (SSSR count). The topological polar surface area (TPSA) is 0 Å². The molecule has 0 nitrogen and oxygen atoms in total. The van der Waals surface area contributed by atoms with Crippen LogP contribution < -0.4 is 10.9 Å². The Kier molecular flexibility index (Phi) is 9.56. The Morgan fingerprint density at radius 3 is 1.04 bits per heavy atom.